The molecular formula is C15H21N4O2+. The Morgan fingerprint density at radius 2 is 2.05 bits per heavy atom. The van der Waals surface area contributed by atoms with Crippen LogP contribution in [0.3, 0.4) is 0 Å². The highest BCUT2D eigenvalue weighted by Crippen LogP contribution is 2.77. The molecule has 6 heteroatoms. The molecule has 0 aromatic rings. The van der Waals surface area contributed by atoms with Crippen LogP contribution in [0.25, 0.3) is 0 Å². The quantitative estimate of drug-likeness (QED) is 0.736. The molecule has 1 spiro atoms. The third-order valence-corrected chi connectivity index (χ3v) is 5.48. The van der Waals surface area contributed by atoms with Gasteiger partial charge in [0, 0.05) is 5.92 Å². The maximum atomic E-state index is 9.93. The van der Waals surface area contributed by atoms with Gasteiger partial charge in [0.15, 0.2) is 10.8 Å². The highest BCUT2D eigenvalue weighted by Gasteiger charge is 2.98. The summed E-state index contributed by atoms with van der Waals surface area (Å²) in [6.07, 6.45) is 1.66. The molecule has 0 aromatic carbocycles. The van der Waals surface area contributed by atoms with Gasteiger partial charge in [-0.1, -0.05) is 26.7 Å². The van der Waals surface area contributed by atoms with Crippen molar-refractivity contribution < 1.29 is 14.5 Å². The Morgan fingerprint density at radius 1 is 1.38 bits per heavy atom. The van der Waals surface area contributed by atoms with E-state index < -0.39 is 16.7 Å². The molecule has 1 saturated heterocycles. The second kappa shape index (κ2) is 4.19. The number of hydrogen-bond donors (Lipinski definition) is 2. The molecule has 1 saturated carbocycles. The number of nitrogens with one attached hydrogen (secondary N) is 1. The maximum Gasteiger partial charge on any atom is 0.343 e. The summed E-state index contributed by atoms with van der Waals surface area (Å²) < 4.78 is 11.7. The van der Waals surface area contributed by atoms with Crippen molar-refractivity contribution in [3.63, 3.8) is 0 Å². The molecule has 2 aliphatic heterocycles. The van der Waals surface area contributed by atoms with Crippen LogP contribution in [-0.4, -0.2) is 24.5 Å². The van der Waals surface area contributed by atoms with Crippen molar-refractivity contribution in [3.8, 4) is 12.1 Å². The molecule has 2 heterocycles. The molecule has 3 rings (SSSR count). The van der Waals surface area contributed by atoms with Crippen LogP contribution in [0.2, 0.25) is 0 Å². The Bertz CT molecular complexity index is 587. The number of hydrogen-bond acceptors (Lipinski definition) is 5. The van der Waals surface area contributed by atoms with Crippen LogP contribution in [0.5, 0.6) is 0 Å². The average molecular weight is 289 g/mol. The Hall–Kier alpha value is -1.63. The molecule has 2 fully saturated rings. The molecule has 0 radical (unpaired) electrons. The van der Waals surface area contributed by atoms with Crippen molar-refractivity contribution in [2.45, 2.75) is 45.6 Å². The van der Waals surface area contributed by atoms with Gasteiger partial charge in [0.2, 0.25) is 0 Å². The first-order valence-corrected chi connectivity index (χ1v) is 7.55. The number of nitriles is 2. The van der Waals surface area contributed by atoms with Gasteiger partial charge in [0.25, 0.3) is 5.84 Å². The van der Waals surface area contributed by atoms with Gasteiger partial charge in [0.1, 0.15) is 0 Å². The lowest BCUT2D eigenvalue weighted by Crippen LogP contribution is -2.90. The first-order valence-electron chi connectivity index (χ1n) is 7.55. The van der Waals surface area contributed by atoms with E-state index in [0.29, 0.717) is 12.4 Å². The predicted octanol–water partition coefficient (Wildman–Crippen LogP) is -0.387. The van der Waals surface area contributed by atoms with Crippen molar-refractivity contribution in [2.75, 3.05) is 6.61 Å². The molecule has 112 valence electrons. The normalized spacial score (nSPS) is 47.0. The molecule has 0 aromatic heterocycles. The fourth-order valence-electron chi connectivity index (χ4n) is 4.50. The second-order valence-electron chi connectivity index (χ2n) is 6.29. The first-order chi connectivity index (χ1) is 9.99. The lowest BCUT2D eigenvalue weighted by atomic mass is 9.89. The molecule has 3 aliphatic rings. The van der Waals surface area contributed by atoms with Gasteiger partial charge in [-0.25, -0.2) is 4.99 Å². The van der Waals surface area contributed by atoms with Gasteiger partial charge in [-0.3, -0.25) is 5.73 Å². The summed E-state index contributed by atoms with van der Waals surface area (Å²) in [5.74, 6) is -0.863. The van der Waals surface area contributed by atoms with E-state index in [1.807, 2.05) is 6.92 Å². The standard InChI is InChI=1S/C15H20N4O2/c1-4-10(5-2)11-13(7-16)12(18)19-15(14(11,13)8-17)20-6-9(3)21-15/h9-11H,4-6H2,1-3H3,(H2,18,19)/p+1/t9-,11+,13+,14+,15+/m0/s1. The van der Waals surface area contributed by atoms with Crippen LogP contribution in [-0.2, 0) is 9.47 Å². The molecule has 0 unspecified atom stereocenters. The van der Waals surface area contributed by atoms with E-state index >= 15 is 0 Å². The minimum absolute atomic E-state index is 0.132. The number of nitrogens with two attached hydrogens (primary N) is 1. The first kappa shape index (κ1) is 14.3. The van der Waals surface area contributed by atoms with Crippen LogP contribution in [0.15, 0.2) is 0 Å². The van der Waals surface area contributed by atoms with Crippen LogP contribution >= 0.6 is 0 Å². The van der Waals surface area contributed by atoms with Gasteiger partial charge < -0.3 is 9.47 Å². The van der Waals surface area contributed by atoms with E-state index in [4.69, 9.17) is 15.2 Å². The Kier molecular flexibility index (Phi) is 2.86. The molecule has 3 N–H and O–H groups in total. The van der Waals surface area contributed by atoms with Gasteiger partial charge in [-0.15, -0.1) is 0 Å². The number of fused-ring (bicyclic) bond motifs is 2. The zero-order valence-electron chi connectivity index (χ0n) is 12.6. The van der Waals surface area contributed by atoms with Crippen molar-refractivity contribution in [1.82, 2.24) is 0 Å². The summed E-state index contributed by atoms with van der Waals surface area (Å²) in [4.78, 5) is 2.98. The molecule has 6 nitrogen and oxygen atoms in total. The summed E-state index contributed by atoms with van der Waals surface area (Å²) >= 11 is 0. The number of rotatable bonds is 3. The number of amidine groups is 1. The van der Waals surface area contributed by atoms with E-state index in [2.05, 4.69) is 31.0 Å². The monoisotopic (exact) mass is 289 g/mol. The highest BCUT2D eigenvalue weighted by molar-refractivity contribution is 5.93. The molecule has 0 bridgehead atoms. The summed E-state index contributed by atoms with van der Waals surface area (Å²) in [5, 5.41) is 19.7. The fraction of sp³-hybridized carbons (Fsp3) is 0.800. The second-order valence-corrected chi connectivity index (χ2v) is 6.29. The Morgan fingerprint density at radius 3 is 2.48 bits per heavy atom. The lowest BCUT2D eigenvalue weighted by Gasteiger charge is -2.25. The SMILES string of the molecule is CCC(CC)[C@H]1[C@@]2(C#N)[C@@]3([NH+]=C(N)[C@@]12C#N)OC[C@H](C)O3. The number of nitrogens with zero attached hydrogens (tertiary/aromatic N) is 2. The van der Waals surface area contributed by atoms with E-state index in [-0.39, 0.29) is 17.9 Å². The molecular weight excluding hydrogens is 268 g/mol. The Balaban J connectivity index is 2.15. The largest absolute Gasteiger partial charge is 0.343 e. The predicted molar refractivity (Wildman–Crippen MR) is 73.0 cm³/mol. The summed E-state index contributed by atoms with van der Waals surface area (Å²) in [7, 11) is 0. The summed E-state index contributed by atoms with van der Waals surface area (Å²) in [5.41, 5.74) is 4.07. The highest BCUT2D eigenvalue weighted by atomic mass is 16.8. The lowest BCUT2D eigenvalue weighted by molar-refractivity contribution is -0.679. The third kappa shape index (κ3) is 1.27. The van der Waals surface area contributed by atoms with Crippen molar-refractivity contribution >= 4 is 5.84 Å². The third-order valence-electron chi connectivity index (χ3n) is 5.48. The maximum absolute atomic E-state index is 9.93. The summed E-state index contributed by atoms with van der Waals surface area (Å²) in [6.45, 7) is 6.43. The van der Waals surface area contributed by atoms with Gasteiger partial charge in [-0.2, -0.15) is 10.5 Å². The molecule has 0 amide bonds. The van der Waals surface area contributed by atoms with E-state index in [1.165, 1.54) is 0 Å². The van der Waals surface area contributed by atoms with Crippen LogP contribution in [0, 0.1) is 45.3 Å². The van der Waals surface area contributed by atoms with E-state index in [0.717, 1.165) is 12.8 Å². The zero-order chi connectivity index (χ0) is 15.5. The smallest absolute Gasteiger partial charge is 0.311 e. The average Bonchev–Trinajstić information content (AvgIpc) is 2.84. The molecule has 1 aliphatic carbocycles. The van der Waals surface area contributed by atoms with Crippen molar-refractivity contribution in [1.29, 1.82) is 10.5 Å². The fourth-order valence-corrected chi connectivity index (χ4v) is 4.50. The molecule has 5 atom stereocenters. The van der Waals surface area contributed by atoms with Crippen molar-refractivity contribution in [3.05, 3.63) is 0 Å². The van der Waals surface area contributed by atoms with Crippen LogP contribution < -0.4 is 10.7 Å². The topological polar surface area (TPSA) is 106 Å². The zero-order valence-corrected chi connectivity index (χ0v) is 12.6. The van der Waals surface area contributed by atoms with E-state index in [9.17, 15) is 10.5 Å². The van der Waals surface area contributed by atoms with Crippen LogP contribution in [0.1, 0.15) is 33.6 Å². The van der Waals surface area contributed by atoms with Crippen LogP contribution in [0.4, 0.5) is 0 Å². The van der Waals surface area contributed by atoms with Gasteiger partial charge in [0.05, 0.1) is 24.8 Å². The minimum Gasteiger partial charge on any atom is -0.311 e. The van der Waals surface area contributed by atoms with E-state index in [1.54, 1.807) is 0 Å². The van der Waals surface area contributed by atoms with Gasteiger partial charge >= 0.3 is 5.91 Å². The number of ether oxygens (including phenoxy) is 2. The summed E-state index contributed by atoms with van der Waals surface area (Å²) in [6, 6.07) is 4.67. The van der Waals surface area contributed by atoms with Gasteiger partial charge in [-0.05, 0) is 12.8 Å². The van der Waals surface area contributed by atoms with Crippen molar-refractivity contribution in [2.24, 2.45) is 28.4 Å². The Labute approximate surface area is 124 Å². The minimum atomic E-state index is -1.27. The molecule has 21 heavy (non-hydrogen) atoms.